The number of aldehydes is 1. The van der Waals surface area contributed by atoms with Crippen molar-refractivity contribution in [2.45, 2.75) is 4.90 Å². The maximum atomic E-state index is 13.5. The number of hydrogen-bond acceptors (Lipinski definition) is 1. The molecule has 0 aliphatic carbocycles. The van der Waals surface area contributed by atoms with E-state index in [2.05, 4.69) is 0 Å². The number of carbonyl (C=O) groups is 1. The minimum absolute atomic E-state index is 0.295. The number of allylic oxidation sites excluding steroid dienone is 2. The average Bonchev–Trinajstić information content (AvgIpc) is 2.70. The van der Waals surface area contributed by atoms with Crippen molar-refractivity contribution in [2.24, 2.45) is 0 Å². The molecule has 1 aromatic carbocycles. The van der Waals surface area contributed by atoms with Gasteiger partial charge in [0.2, 0.25) is 0 Å². The Morgan fingerprint density at radius 2 is 1.93 bits per heavy atom. The van der Waals surface area contributed by atoms with Crippen molar-refractivity contribution in [2.75, 3.05) is 0 Å². The van der Waals surface area contributed by atoms with Crippen LogP contribution in [0, 0.1) is 5.82 Å². The van der Waals surface area contributed by atoms with E-state index in [4.69, 9.17) is 0 Å². The molecule has 0 amide bonds. The third kappa shape index (κ3) is 1.51. The van der Waals surface area contributed by atoms with Gasteiger partial charge < -0.3 is 0 Å². The molecule has 1 aromatic rings. The van der Waals surface area contributed by atoms with Gasteiger partial charge in [0.15, 0.2) is 6.29 Å². The first-order valence-electron chi connectivity index (χ1n) is 4.20. The minimum Gasteiger partial charge on any atom is -0.298 e. The van der Waals surface area contributed by atoms with Gasteiger partial charge in [0.05, 0.1) is 0 Å². The minimum atomic E-state index is -0.755. The van der Waals surface area contributed by atoms with Gasteiger partial charge in [-0.15, -0.1) is 0 Å². The van der Waals surface area contributed by atoms with E-state index in [-0.39, 0.29) is 5.82 Å². The third-order valence-corrected chi connectivity index (χ3v) is 3.98. The molecule has 0 fully saturated rings. The van der Waals surface area contributed by atoms with Crippen LogP contribution in [-0.4, -0.2) is 6.29 Å². The smallest absolute Gasteiger partial charge is 0.151 e. The average molecular weight is 208 g/mol. The maximum Gasteiger partial charge on any atom is 0.151 e. The Kier molecular flexibility index (Phi) is 2.50. The molecule has 1 aliphatic rings. The second kappa shape index (κ2) is 3.80. The standard InChI is InChI=1S/C11H9FOS/c12-10-5-3-4-9(8-13)11(10)14-6-1-2-7-14/h1-8,14H. The molecule has 0 unspecified atom stereocenters. The molecule has 3 heteroatoms. The van der Waals surface area contributed by atoms with Gasteiger partial charge in [-0.05, 0) is 16.9 Å². The van der Waals surface area contributed by atoms with Crippen molar-refractivity contribution in [1.29, 1.82) is 0 Å². The van der Waals surface area contributed by atoms with Crippen molar-refractivity contribution in [3.05, 3.63) is 52.5 Å². The van der Waals surface area contributed by atoms with E-state index in [1.165, 1.54) is 6.07 Å². The highest BCUT2D eigenvalue weighted by Crippen LogP contribution is 2.44. The van der Waals surface area contributed by atoms with E-state index in [1.54, 1.807) is 12.1 Å². The van der Waals surface area contributed by atoms with E-state index in [0.29, 0.717) is 16.7 Å². The van der Waals surface area contributed by atoms with Gasteiger partial charge in [-0.2, -0.15) is 10.9 Å². The summed E-state index contributed by atoms with van der Waals surface area (Å²) in [4.78, 5) is 11.3. The van der Waals surface area contributed by atoms with Crippen LogP contribution in [0.5, 0.6) is 0 Å². The largest absolute Gasteiger partial charge is 0.298 e. The van der Waals surface area contributed by atoms with Gasteiger partial charge in [-0.25, -0.2) is 4.39 Å². The molecule has 1 nitrogen and oxygen atoms in total. The predicted molar refractivity (Wildman–Crippen MR) is 57.3 cm³/mol. The molecule has 0 bridgehead atoms. The van der Waals surface area contributed by atoms with E-state index >= 15 is 0 Å². The van der Waals surface area contributed by atoms with Crippen LogP contribution in [0.4, 0.5) is 4.39 Å². The molecule has 0 saturated heterocycles. The lowest BCUT2D eigenvalue weighted by molar-refractivity contribution is 0.112. The highest BCUT2D eigenvalue weighted by Gasteiger charge is 2.13. The van der Waals surface area contributed by atoms with Crippen molar-refractivity contribution < 1.29 is 9.18 Å². The molecular weight excluding hydrogens is 199 g/mol. The van der Waals surface area contributed by atoms with Crippen molar-refractivity contribution >= 4 is 17.2 Å². The lowest BCUT2D eigenvalue weighted by Crippen LogP contribution is -1.91. The number of thiol groups is 1. The molecule has 1 aliphatic heterocycles. The molecule has 0 radical (unpaired) electrons. The molecule has 0 N–H and O–H groups in total. The van der Waals surface area contributed by atoms with E-state index in [0.717, 1.165) is 0 Å². The Morgan fingerprint density at radius 1 is 1.21 bits per heavy atom. The summed E-state index contributed by atoms with van der Waals surface area (Å²) in [6.45, 7) is 0. The summed E-state index contributed by atoms with van der Waals surface area (Å²) >= 11 is 0. The molecule has 2 rings (SSSR count). The van der Waals surface area contributed by atoms with Gasteiger partial charge in [0.1, 0.15) is 5.82 Å². The Hall–Kier alpha value is -1.35. The highest BCUT2D eigenvalue weighted by molar-refractivity contribution is 8.22. The molecular formula is C11H9FOS. The number of carbonyl (C=O) groups excluding carboxylic acids is 1. The lowest BCUT2D eigenvalue weighted by Gasteiger charge is -2.13. The summed E-state index contributed by atoms with van der Waals surface area (Å²) in [6, 6.07) is 4.60. The first kappa shape index (κ1) is 9.21. The van der Waals surface area contributed by atoms with Gasteiger partial charge in [-0.1, -0.05) is 24.3 Å². The monoisotopic (exact) mass is 208 g/mol. The topological polar surface area (TPSA) is 17.1 Å². The zero-order chi connectivity index (χ0) is 9.97. The predicted octanol–water partition coefficient (Wildman–Crippen LogP) is 3.04. The second-order valence-corrected chi connectivity index (χ2v) is 4.74. The summed E-state index contributed by atoms with van der Waals surface area (Å²) < 4.78 is 13.5. The van der Waals surface area contributed by atoms with Crippen molar-refractivity contribution in [1.82, 2.24) is 0 Å². The number of halogens is 1. The van der Waals surface area contributed by atoms with Gasteiger partial charge in [0, 0.05) is 10.5 Å². The van der Waals surface area contributed by atoms with Crippen LogP contribution < -0.4 is 0 Å². The summed E-state index contributed by atoms with van der Waals surface area (Å²) in [5.74, 6) is -0.295. The molecule has 0 atom stereocenters. The van der Waals surface area contributed by atoms with Crippen LogP contribution in [-0.2, 0) is 0 Å². The maximum absolute atomic E-state index is 13.5. The molecule has 14 heavy (non-hydrogen) atoms. The first-order valence-corrected chi connectivity index (χ1v) is 5.68. The normalized spacial score (nSPS) is 16.2. The first-order chi connectivity index (χ1) is 6.83. The van der Waals surface area contributed by atoms with Crippen molar-refractivity contribution in [3.63, 3.8) is 0 Å². The zero-order valence-electron chi connectivity index (χ0n) is 7.35. The lowest BCUT2D eigenvalue weighted by atomic mass is 10.2. The fraction of sp³-hybridized carbons (Fsp3) is 0. The molecule has 0 saturated carbocycles. The summed E-state index contributed by atoms with van der Waals surface area (Å²) in [6.07, 6.45) is 4.47. The second-order valence-electron chi connectivity index (χ2n) is 2.89. The number of benzene rings is 1. The summed E-state index contributed by atoms with van der Waals surface area (Å²) in [5, 5.41) is 3.86. The van der Waals surface area contributed by atoms with Gasteiger partial charge in [0.25, 0.3) is 0 Å². The third-order valence-electron chi connectivity index (χ3n) is 2.01. The van der Waals surface area contributed by atoms with Crippen molar-refractivity contribution in [3.8, 4) is 0 Å². The molecule has 72 valence electrons. The Balaban J connectivity index is 2.54. The van der Waals surface area contributed by atoms with Crippen LogP contribution >= 0.6 is 10.9 Å². The zero-order valence-corrected chi connectivity index (χ0v) is 8.25. The Bertz CT molecular complexity index is 411. The number of hydrogen-bond donors (Lipinski definition) is 1. The van der Waals surface area contributed by atoms with Crippen LogP contribution in [0.1, 0.15) is 10.4 Å². The van der Waals surface area contributed by atoms with E-state index in [9.17, 15) is 9.18 Å². The quantitative estimate of drug-likeness (QED) is 0.584. The molecule has 0 aromatic heterocycles. The van der Waals surface area contributed by atoms with Crippen LogP contribution in [0.2, 0.25) is 0 Å². The SMILES string of the molecule is O=Cc1cccc(F)c1[SH]1C=CC=C1. The fourth-order valence-electron chi connectivity index (χ4n) is 1.38. The van der Waals surface area contributed by atoms with E-state index in [1.807, 2.05) is 23.0 Å². The summed E-state index contributed by atoms with van der Waals surface area (Å²) in [5.41, 5.74) is 0.451. The Morgan fingerprint density at radius 3 is 2.57 bits per heavy atom. The number of rotatable bonds is 2. The molecule has 0 spiro atoms. The van der Waals surface area contributed by atoms with Crippen LogP contribution in [0.25, 0.3) is 0 Å². The van der Waals surface area contributed by atoms with Crippen LogP contribution in [0.15, 0.2) is 46.1 Å². The van der Waals surface area contributed by atoms with E-state index < -0.39 is 10.9 Å². The summed E-state index contributed by atoms with van der Waals surface area (Å²) in [7, 11) is -0.755. The van der Waals surface area contributed by atoms with Gasteiger partial charge >= 0.3 is 0 Å². The fourth-order valence-corrected chi connectivity index (χ4v) is 3.10. The van der Waals surface area contributed by atoms with Crippen LogP contribution in [0.3, 0.4) is 0 Å². The molecule has 1 heterocycles. The highest BCUT2D eigenvalue weighted by atomic mass is 32.2. The Labute approximate surface area is 84.3 Å². The van der Waals surface area contributed by atoms with Gasteiger partial charge in [-0.3, -0.25) is 4.79 Å².